The van der Waals surface area contributed by atoms with E-state index in [-0.39, 0.29) is 18.9 Å². The van der Waals surface area contributed by atoms with E-state index in [2.05, 4.69) is 129 Å². The van der Waals surface area contributed by atoms with Crippen LogP contribution < -0.4 is 5.32 Å². The second-order valence-electron chi connectivity index (χ2n) is 26.7. The Hall–Kier alpha value is -3.55. The first-order valence-corrected chi connectivity index (χ1v) is 38.1. The summed E-state index contributed by atoms with van der Waals surface area (Å²) in [6.07, 6.45) is 53.0. The molecule has 0 bridgehead atoms. The van der Waals surface area contributed by atoms with Crippen LogP contribution in [0.3, 0.4) is 0 Å². The van der Waals surface area contributed by atoms with Crippen LogP contribution in [0.2, 0.25) is 0 Å². The fourth-order valence-corrected chi connectivity index (χ4v) is 12.2. The number of unbranched alkanes of at least 4 members (excludes halogenated alkanes) is 24. The molecule has 3 aliphatic heterocycles. The van der Waals surface area contributed by atoms with E-state index in [0.29, 0.717) is 12.8 Å². The smallest absolute Gasteiger partial charge is 0.220 e. The van der Waals surface area contributed by atoms with Gasteiger partial charge >= 0.3 is 0 Å². The molecule has 3 fully saturated rings. The first kappa shape index (κ1) is 88.7. The minimum Gasteiger partial charge on any atom is -0.394 e. The second kappa shape index (κ2) is 58.9. The highest BCUT2D eigenvalue weighted by atomic mass is 16.8. The summed E-state index contributed by atoms with van der Waals surface area (Å²) in [5, 5.41) is 121. The van der Waals surface area contributed by atoms with Crippen LogP contribution in [0.1, 0.15) is 251 Å². The molecule has 0 spiro atoms. The largest absolute Gasteiger partial charge is 0.394 e. The Morgan fingerprint density at radius 2 is 0.704 bits per heavy atom. The van der Waals surface area contributed by atoms with E-state index in [0.717, 1.165) is 116 Å². The van der Waals surface area contributed by atoms with Crippen LogP contribution >= 0.6 is 0 Å². The third kappa shape index (κ3) is 39.2. The highest BCUT2D eigenvalue weighted by Gasteiger charge is 2.53. The van der Waals surface area contributed by atoms with Crippen molar-refractivity contribution in [2.75, 3.05) is 26.4 Å². The lowest BCUT2D eigenvalue weighted by atomic mass is 9.96. The van der Waals surface area contributed by atoms with Gasteiger partial charge in [0.2, 0.25) is 5.91 Å². The topological polar surface area (TPSA) is 307 Å². The first-order chi connectivity index (χ1) is 47.8. The Bertz CT molecular complexity index is 2200. The molecular formula is C79H135NO18. The zero-order valence-electron chi connectivity index (χ0n) is 60.0. The van der Waals surface area contributed by atoms with Crippen molar-refractivity contribution in [2.24, 2.45) is 0 Å². The zero-order chi connectivity index (χ0) is 71.1. The van der Waals surface area contributed by atoms with Gasteiger partial charge in [-0.1, -0.05) is 271 Å². The van der Waals surface area contributed by atoms with Crippen LogP contribution in [0.15, 0.2) is 109 Å². The van der Waals surface area contributed by atoms with E-state index in [1.165, 1.54) is 103 Å². The van der Waals surface area contributed by atoms with E-state index in [1.807, 2.05) is 0 Å². The highest BCUT2D eigenvalue weighted by molar-refractivity contribution is 5.76. The minimum atomic E-state index is -1.98. The average molecular weight is 1390 g/mol. The van der Waals surface area contributed by atoms with Gasteiger partial charge in [0.1, 0.15) is 73.2 Å². The number of rotatable bonds is 58. The number of ether oxygens (including phenoxy) is 6. The van der Waals surface area contributed by atoms with Crippen molar-refractivity contribution in [1.82, 2.24) is 5.32 Å². The molecule has 0 saturated carbocycles. The number of carbonyl (C=O) groups excluding carboxylic acids is 1. The number of hydrogen-bond donors (Lipinski definition) is 12. The first-order valence-electron chi connectivity index (χ1n) is 38.1. The van der Waals surface area contributed by atoms with Crippen LogP contribution in [0.4, 0.5) is 0 Å². The third-order valence-corrected chi connectivity index (χ3v) is 18.4. The van der Waals surface area contributed by atoms with Gasteiger partial charge in [-0.25, -0.2) is 0 Å². The zero-order valence-corrected chi connectivity index (χ0v) is 60.0. The molecule has 0 aromatic rings. The van der Waals surface area contributed by atoms with Gasteiger partial charge in [0, 0.05) is 6.42 Å². The lowest BCUT2D eigenvalue weighted by molar-refractivity contribution is -0.379. The molecule has 3 heterocycles. The van der Waals surface area contributed by atoms with Crippen molar-refractivity contribution in [1.29, 1.82) is 0 Å². The third-order valence-electron chi connectivity index (χ3n) is 18.4. The Labute approximate surface area is 589 Å². The van der Waals surface area contributed by atoms with Crippen LogP contribution in [0.5, 0.6) is 0 Å². The molecule has 3 aliphatic rings. The fraction of sp³-hybridized carbons (Fsp3) is 0.759. The minimum absolute atomic E-state index is 0.237. The molecule has 3 saturated heterocycles. The van der Waals surface area contributed by atoms with Gasteiger partial charge in [0.05, 0.1) is 38.6 Å². The number of aliphatic hydroxyl groups is 11. The average Bonchev–Trinajstić information content (AvgIpc) is 0.782. The molecule has 17 unspecified atom stereocenters. The van der Waals surface area contributed by atoms with Crippen molar-refractivity contribution >= 4 is 5.91 Å². The molecule has 1 amide bonds. The standard InChI is InChI=1S/C79H135NO18/c1-3-5-7-9-11-13-15-17-19-21-23-25-26-27-28-29-30-31-32-33-34-35-36-37-39-41-43-45-47-49-51-53-55-57-67(85)80-62(63(84)56-54-52-50-48-46-44-42-40-38-24-22-20-18-16-14-12-10-8-6-4-2)61-93-77-73(91)70(88)75(65(59-82)95-77)98-79-74(92)71(89)76(66(60-83)96-79)97-78-72(90)69(87)68(86)64(58-81)94-78/h5,7,11,13,17,19,23,25,27-28,30-31,33-34,36-37,41,43,62-66,68-79,81-84,86-92H,3-4,6,8-10,12,14-16,18,20-22,24,26,29,32,35,38-40,42,44-61H2,1-2H3,(H,80,85)/b7-5-,13-11-,19-17-,25-23-,28-27-,31-30-,34-33-,37-36-,43-41-. The molecule has 98 heavy (non-hydrogen) atoms. The molecule has 0 aromatic heterocycles. The highest BCUT2D eigenvalue weighted by Crippen LogP contribution is 2.33. The van der Waals surface area contributed by atoms with Crippen molar-refractivity contribution in [3.05, 3.63) is 109 Å². The molecule has 3 rings (SSSR count). The van der Waals surface area contributed by atoms with Crippen LogP contribution in [-0.4, -0.2) is 193 Å². The monoisotopic (exact) mass is 1390 g/mol. The normalized spacial score (nSPS) is 27.4. The summed E-state index contributed by atoms with van der Waals surface area (Å²) in [5.74, 6) is -0.264. The SMILES string of the molecule is CC/C=C\C/C=C\C/C=C\C/C=C\C/C=C\C/C=C\C/C=C\C/C=C\C/C=C\CCCCCCCC(=O)NC(COC1OC(CO)C(OC2OC(CO)C(OC3OC(CO)C(O)C(O)C3O)C(O)C2O)C(O)C1O)C(O)CCCCCCCCCCCCCCCCCCCCCC. The second-order valence-corrected chi connectivity index (χ2v) is 26.7. The molecular weight excluding hydrogens is 1250 g/mol. The lowest BCUT2D eigenvalue weighted by Gasteiger charge is -2.48. The maximum absolute atomic E-state index is 13.5. The number of hydrogen-bond acceptors (Lipinski definition) is 18. The van der Waals surface area contributed by atoms with E-state index in [4.69, 9.17) is 28.4 Å². The van der Waals surface area contributed by atoms with Gasteiger partial charge in [-0.15, -0.1) is 0 Å². The van der Waals surface area contributed by atoms with Crippen molar-refractivity contribution in [3.63, 3.8) is 0 Å². The lowest BCUT2D eigenvalue weighted by Crippen LogP contribution is -2.66. The summed E-state index contributed by atoms with van der Waals surface area (Å²) < 4.78 is 34.5. The Morgan fingerprint density at radius 1 is 0.378 bits per heavy atom. The number of nitrogens with one attached hydrogen (secondary N) is 1. The van der Waals surface area contributed by atoms with Gasteiger partial charge < -0.3 is 89.9 Å². The molecule has 19 nitrogen and oxygen atoms in total. The van der Waals surface area contributed by atoms with Crippen molar-refractivity contribution < 1.29 is 89.4 Å². The molecule has 19 heteroatoms. The van der Waals surface area contributed by atoms with Gasteiger partial charge in [0.15, 0.2) is 18.9 Å². The van der Waals surface area contributed by atoms with Crippen molar-refractivity contribution in [2.45, 2.75) is 356 Å². The molecule has 12 N–H and O–H groups in total. The van der Waals surface area contributed by atoms with Gasteiger partial charge in [-0.05, 0) is 83.5 Å². The Morgan fingerprint density at radius 3 is 1.10 bits per heavy atom. The maximum Gasteiger partial charge on any atom is 0.220 e. The molecule has 0 aromatic carbocycles. The number of amides is 1. The van der Waals surface area contributed by atoms with Gasteiger partial charge in [-0.2, -0.15) is 0 Å². The van der Waals surface area contributed by atoms with Crippen LogP contribution in [-0.2, 0) is 33.2 Å². The van der Waals surface area contributed by atoms with Crippen LogP contribution in [0, 0.1) is 0 Å². The summed E-state index contributed by atoms with van der Waals surface area (Å²) in [7, 11) is 0. The van der Waals surface area contributed by atoms with E-state index in [9.17, 15) is 61.0 Å². The quantitative estimate of drug-likeness (QED) is 0.0199. The molecule has 17 atom stereocenters. The number of allylic oxidation sites excluding steroid dienone is 18. The molecule has 0 aliphatic carbocycles. The summed E-state index contributed by atoms with van der Waals surface area (Å²) >= 11 is 0. The molecule has 0 radical (unpaired) electrons. The van der Waals surface area contributed by atoms with Crippen LogP contribution in [0.25, 0.3) is 0 Å². The summed E-state index contributed by atoms with van der Waals surface area (Å²) in [6, 6.07) is -0.907. The number of carbonyl (C=O) groups is 1. The van der Waals surface area contributed by atoms with E-state index in [1.54, 1.807) is 0 Å². The van der Waals surface area contributed by atoms with Crippen molar-refractivity contribution in [3.8, 4) is 0 Å². The van der Waals surface area contributed by atoms with E-state index >= 15 is 0 Å². The number of aliphatic hydroxyl groups excluding tert-OH is 11. The summed E-state index contributed by atoms with van der Waals surface area (Å²) in [4.78, 5) is 13.5. The fourth-order valence-electron chi connectivity index (χ4n) is 12.2. The maximum atomic E-state index is 13.5. The Kier molecular flexibility index (Phi) is 53.3. The van der Waals surface area contributed by atoms with E-state index < -0.39 is 124 Å². The Balaban J connectivity index is 1.40. The van der Waals surface area contributed by atoms with Gasteiger partial charge in [-0.3, -0.25) is 4.79 Å². The summed E-state index contributed by atoms with van der Waals surface area (Å²) in [5.41, 5.74) is 0. The van der Waals surface area contributed by atoms with Gasteiger partial charge in [0.25, 0.3) is 0 Å². The predicted octanol–water partition coefficient (Wildman–Crippen LogP) is 11.8. The predicted molar refractivity (Wildman–Crippen MR) is 387 cm³/mol. The molecule has 564 valence electrons. The summed E-state index contributed by atoms with van der Waals surface area (Å²) in [6.45, 7) is 1.68.